The van der Waals surface area contributed by atoms with Crippen molar-refractivity contribution in [2.24, 2.45) is 0 Å². The Morgan fingerprint density at radius 3 is 2.80 bits per heavy atom. The molecule has 1 fully saturated rings. The van der Waals surface area contributed by atoms with Crippen LogP contribution in [0.3, 0.4) is 0 Å². The highest BCUT2D eigenvalue weighted by molar-refractivity contribution is 5.77. The monoisotopic (exact) mass is 342 g/mol. The molecule has 2 aromatic heterocycles. The number of aryl methyl sites for hydroxylation is 1. The Labute approximate surface area is 148 Å². The van der Waals surface area contributed by atoms with E-state index in [4.69, 9.17) is 4.52 Å². The van der Waals surface area contributed by atoms with Gasteiger partial charge in [-0.1, -0.05) is 31.8 Å². The third-order valence-corrected chi connectivity index (χ3v) is 4.72. The lowest BCUT2D eigenvalue weighted by molar-refractivity contribution is -0.133. The lowest BCUT2D eigenvalue weighted by Crippen LogP contribution is -2.35. The van der Waals surface area contributed by atoms with Gasteiger partial charge in [-0.2, -0.15) is 4.98 Å². The van der Waals surface area contributed by atoms with Crippen LogP contribution in [0.4, 0.5) is 0 Å². The van der Waals surface area contributed by atoms with E-state index in [1.807, 2.05) is 30.9 Å². The fourth-order valence-electron chi connectivity index (χ4n) is 3.30. The Bertz CT molecular complexity index is 684. The normalized spacial score (nSPS) is 18.4. The number of likely N-dealkylation sites (tertiary alicyclic amines) is 1. The van der Waals surface area contributed by atoms with Crippen molar-refractivity contribution in [2.75, 3.05) is 6.54 Å². The molecule has 1 unspecified atom stereocenters. The molecule has 3 heterocycles. The number of aromatic nitrogens is 3. The van der Waals surface area contributed by atoms with E-state index in [0.29, 0.717) is 24.6 Å². The molecular formula is C19H26N4O2. The molecule has 1 saturated heterocycles. The molecule has 0 radical (unpaired) electrons. The molecule has 1 atom stereocenters. The molecule has 25 heavy (non-hydrogen) atoms. The highest BCUT2D eigenvalue weighted by Crippen LogP contribution is 2.30. The second-order valence-electron chi connectivity index (χ2n) is 6.93. The van der Waals surface area contributed by atoms with E-state index >= 15 is 0 Å². The molecule has 0 saturated carbocycles. The van der Waals surface area contributed by atoms with Crippen LogP contribution in [-0.2, 0) is 11.2 Å². The molecule has 1 aliphatic heterocycles. The predicted molar refractivity (Wildman–Crippen MR) is 93.9 cm³/mol. The minimum atomic E-state index is 0.145. The lowest BCUT2D eigenvalue weighted by atomic mass is 10.0. The number of carbonyl (C=O) groups excluding carboxylic acids is 1. The fourth-order valence-corrected chi connectivity index (χ4v) is 3.30. The molecule has 3 rings (SSSR count). The van der Waals surface area contributed by atoms with Gasteiger partial charge in [0.15, 0.2) is 5.82 Å². The van der Waals surface area contributed by atoms with Gasteiger partial charge in [-0.3, -0.25) is 9.78 Å². The van der Waals surface area contributed by atoms with Crippen molar-refractivity contribution in [3.63, 3.8) is 0 Å². The molecule has 0 bridgehead atoms. The first-order chi connectivity index (χ1) is 12.1. The Morgan fingerprint density at radius 1 is 1.28 bits per heavy atom. The summed E-state index contributed by atoms with van der Waals surface area (Å²) in [5, 5.41) is 3.97. The molecule has 6 nitrogen and oxygen atoms in total. The molecule has 1 amide bonds. The van der Waals surface area contributed by atoms with E-state index in [2.05, 4.69) is 15.1 Å². The third-order valence-electron chi connectivity index (χ3n) is 4.72. The van der Waals surface area contributed by atoms with Crippen LogP contribution < -0.4 is 0 Å². The topological polar surface area (TPSA) is 72.1 Å². The fraction of sp³-hybridized carbons (Fsp3) is 0.579. The maximum atomic E-state index is 12.9. The van der Waals surface area contributed by atoms with Crippen molar-refractivity contribution >= 4 is 5.91 Å². The van der Waals surface area contributed by atoms with Crippen LogP contribution >= 0.6 is 0 Å². The van der Waals surface area contributed by atoms with Gasteiger partial charge in [0.25, 0.3) is 0 Å². The molecule has 0 spiro atoms. The highest BCUT2D eigenvalue weighted by Gasteiger charge is 2.26. The number of hydrogen-bond acceptors (Lipinski definition) is 5. The summed E-state index contributed by atoms with van der Waals surface area (Å²) in [6, 6.07) is 4.18. The smallest absolute Gasteiger partial charge is 0.227 e. The van der Waals surface area contributed by atoms with Gasteiger partial charge in [-0.25, -0.2) is 0 Å². The molecule has 6 heteroatoms. The summed E-state index contributed by atoms with van der Waals surface area (Å²) in [5.41, 5.74) is 1.17. The van der Waals surface area contributed by atoms with Gasteiger partial charge in [-0.05, 0) is 30.5 Å². The minimum absolute atomic E-state index is 0.145. The van der Waals surface area contributed by atoms with Crippen molar-refractivity contribution in [1.29, 1.82) is 0 Å². The first-order valence-corrected chi connectivity index (χ1v) is 9.17. The third kappa shape index (κ3) is 4.44. The van der Waals surface area contributed by atoms with E-state index < -0.39 is 0 Å². The Hall–Kier alpha value is -2.24. The molecule has 0 N–H and O–H groups in total. The molecule has 2 aromatic rings. The number of rotatable bonds is 5. The summed E-state index contributed by atoms with van der Waals surface area (Å²) in [6.07, 6.45) is 8.90. The number of nitrogens with zero attached hydrogens (tertiary/aromatic N) is 4. The molecule has 134 valence electrons. The summed E-state index contributed by atoms with van der Waals surface area (Å²) in [4.78, 5) is 23.4. The predicted octanol–water partition coefficient (Wildman–Crippen LogP) is 3.66. The summed E-state index contributed by atoms with van der Waals surface area (Å²) in [7, 11) is 0. The second-order valence-corrected chi connectivity index (χ2v) is 6.93. The maximum Gasteiger partial charge on any atom is 0.227 e. The molecular weight excluding hydrogens is 316 g/mol. The Balaban J connectivity index is 1.67. The summed E-state index contributed by atoms with van der Waals surface area (Å²) < 4.78 is 5.26. The second kappa shape index (κ2) is 8.23. The van der Waals surface area contributed by atoms with Gasteiger partial charge in [-0.15, -0.1) is 0 Å². The van der Waals surface area contributed by atoms with Crippen molar-refractivity contribution in [3.05, 3.63) is 41.8 Å². The van der Waals surface area contributed by atoms with Crippen LogP contribution in [0.25, 0.3) is 0 Å². The quantitative estimate of drug-likeness (QED) is 0.829. The largest absolute Gasteiger partial charge is 0.339 e. The van der Waals surface area contributed by atoms with Crippen LogP contribution in [-0.4, -0.2) is 32.5 Å². The average molecular weight is 342 g/mol. The number of carbonyl (C=O) groups is 1. The summed E-state index contributed by atoms with van der Waals surface area (Å²) >= 11 is 0. The maximum absolute atomic E-state index is 12.9. The van der Waals surface area contributed by atoms with Crippen LogP contribution in [0.15, 0.2) is 29.0 Å². The van der Waals surface area contributed by atoms with E-state index in [1.54, 1.807) is 12.4 Å². The van der Waals surface area contributed by atoms with Gasteiger partial charge in [0, 0.05) is 37.7 Å². The van der Waals surface area contributed by atoms with Crippen LogP contribution in [0.5, 0.6) is 0 Å². The van der Waals surface area contributed by atoms with E-state index in [9.17, 15) is 4.79 Å². The van der Waals surface area contributed by atoms with Gasteiger partial charge in [0.2, 0.25) is 11.8 Å². The van der Waals surface area contributed by atoms with Gasteiger partial charge >= 0.3 is 0 Å². The zero-order valence-corrected chi connectivity index (χ0v) is 15.0. The summed E-state index contributed by atoms with van der Waals surface area (Å²) in [5.74, 6) is 1.64. The molecule has 1 aliphatic rings. The number of hydrogen-bond donors (Lipinski definition) is 0. The molecule has 0 aliphatic carbocycles. The highest BCUT2D eigenvalue weighted by atomic mass is 16.5. The first kappa shape index (κ1) is 17.6. The zero-order valence-electron chi connectivity index (χ0n) is 15.0. The van der Waals surface area contributed by atoms with Crippen molar-refractivity contribution in [2.45, 2.75) is 64.3 Å². The number of amides is 1. The molecule has 0 aromatic carbocycles. The lowest BCUT2D eigenvalue weighted by Gasteiger charge is -2.30. The van der Waals surface area contributed by atoms with Gasteiger partial charge < -0.3 is 9.42 Å². The SMILES string of the molecule is CC(C)c1noc(CCC(=O)N2CCCCCC2c2ccncc2)n1. The Morgan fingerprint density at radius 2 is 2.08 bits per heavy atom. The van der Waals surface area contributed by atoms with E-state index in [0.717, 1.165) is 25.8 Å². The van der Waals surface area contributed by atoms with Crippen LogP contribution in [0.1, 0.15) is 75.2 Å². The summed E-state index contributed by atoms with van der Waals surface area (Å²) in [6.45, 7) is 4.86. The van der Waals surface area contributed by atoms with Crippen molar-refractivity contribution < 1.29 is 9.32 Å². The standard InChI is InChI=1S/C19H26N4O2/c1-14(2)19-21-17(25-22-19)7-8-18(24)23-13-5-3-4-6-16(23)15-9-11-20-12-10-15/h9-12,14,16H,3-8,13H2,1-2H3. The van der Waals surface area contributed by atoms with E-state index in [1.165, 1.54) is 12.0 Å². The van der Waals surface area contributed by atoms with Crippen LogP contribution in [0.2, 0.25) is 0 Å². The number of pyridine rings is 1. The first-order valence-electron chi connectivity index (χ1n) is 9.17. The van der Waals surface area contributed by atoms with Crippen LogP contribution in [0, 0.1) is 0 Å². The van der Waals surface area contributed by atoms with E-state index in [-0.39, 0.29) is 17.9 Å². The van der Waals surface area contributed by atoms with Gasteiger partial charge in [0.1, 0.15) is 0 Å². The zero-order chi connectivity index (χ0) is 17.6. The van der Waals surface area contributed by atoms with Gasteiger partial charge in [0.05, 0.1) is 6.04 Å². The minimum Gasteiger partial charge on any atom is -0.339 e. The van der Waals surface area contributed by atoms with Crippen molar-refractivity contribution in [3.8, 4) is 0 Å². The average Bonchev–Trinajstić information content (AvgIpc) is 2.97. The van der Waals surface area contributed by atoms with Crippen molar-refractivity contribution in [1.82, 2.24) is 20.0 Å². The Kier molecular flexibility index (Phi) is 5.79.